The SMILES string of the molecule is CC(C)C(C)(CC(=O)O)NC(=O)c1ccc[nH]1. The van der Waals surface area contributed by atoms with E-state index in [4.69, 9.17) is 5.11 Å². The Bertz CT molecular complexity index is 398. The molecule has 1 atom stereocenters. The molecule has 0 bridgehead atoms. The first kappa shape index (κ1) is 13.3. The number of carboxylic acid groups (broad SMARTS) is 1. The van der Waals surface area contributed by atoms with Gasteiger partial charge in [-0.3, -0.25) is 9.59 Å². The van der Waals surface area contributed by atoms with Crippen LogP contribution in [0.4, 0.5) is 0 Å². The summed E-state index contributed by atoms with van der Waals surface area (Å²) in [6.07, 6.45) is 1.55. The van der Waals surface area contributed by atoms with E-state index in [0.29, 0.717) is 5.69 Å². The van der Waals surface area contributed by atoms with Crippen LogP contribution in [-0.2, 0) is 4.79 Å². The molecular weight excluding hydrogens is 220 g/mol. The molecule has 5 heteroatoms. The number of hydrogen-bond donors (Lipinski definition) is 3. The summed E-state index contributed by atoms with van der Waals surface area (Å²) in [6.45, 7) is 5.52. The van der Waals surface area contributed by atoms with E-state index in [-0.39, 0.29) is 18.2 Å². The summed E-state index contributed by atoms with van der Waals surface area (Å²) in [5.74, 6) is -1.18. The molecule has 0 saturated carbocycles. The van der Waals surface area contributed by atoms with Gasteiger partial charge in [0.2, 0.25) is 0 Å². The number of carboxylic acids is 1. The van der Waals surface area contributed by atoms with Gasteiger partial charge in [-0.05, 0) is 25.0 Å². The fraction of sp³-hybridized carbons (Fsp3) is 0.500. The van der Waals surface area contributed by atoms with E-state index < -0.39 is 11.5 Å². The van der Waals surface area contributed by atoms with Crippen LogP contribution in [0.25, 0.3) is 0 Å². The van der Waals surface area contributed by atoms with Crippen LogP contribution in [0.2, 0.25) is 0 Å². The number of rotatable bonds is 5. The lowest BCUT2D eigenvalue weighted by Crippen LogP contribution is -2.51. The van der Waals surface area contributed by atoms with Gasteiger partial charge in [0.05, 0.1) is 12.0 Å². The van der Waals surface area contributed by atoms with Gasteiger partial charge in [-0.2, -0.15) is 0 Å². The van der Waals surface area contributed by atoms with Gasteiger partial charge in [-0.15, -0.1) is 0 Å². The van der Waals surface area contributed by atoms with Gasteiger partial charge in [0.1, 0.15) is 5.69 Å². The average Bonchev–Trinajstić information content (AvgIpc) is 2.68. The third kappa shape index (κ3) is 3.34. The van der Waals surface area contributed by atoms with Gasteiger partial charge in [0.15, 0.2) is 0 Å². The number of H-pyrrole nitrogens is 1. The van der Waals surface area contributed by atoms with Crippen molar-refractivity contribution in [3.8, 4) is 0 Å². The Hall–Kier alpha value is -1.78. The average molecular weight is 238 g/mol. The minimum absolute atomic E-state index is 0.0255. The second-order valence-corrected chi connectivity index (χ2v) is 4.68. The Labute approximate surface area is 100 Å². The molecule has 3 N–H and O–H groups in total. The molecule has 1 rings (SSSR count). The fourth-order valence-corrected chi connectivity index (χ4v) is 1.51. The Balaban J connectivity index is 2.80. The van der Waals surface area contributed by atoms with Crippen molar-refractivity contribution < 1.29 is 14.7 Å². The number of amides is 1. The number of carbonyl (C=O) groups is 2. The highest BCUT2D eigenvalue weighted by Gasteiger charge is 2.33. The Morgan fingerprint density at radius 2 is 2.18 bits per heavy atom. The molecule has 17 heavy (non-hydrogen) atoms. The summed E-state index contributed by atoms with van der Waals surface area (Å²) in [5, 5.41) is 11.7. The first-order valence-corrected chi connectivity index (χ1v) is 5.53. The smallest absolute Gasteiger partial charge is 0.305 e. The summed E-state index contributed by atoms with van der Waals surface area (Å²) in [7, 11) is 0. The number of aromatic nitrogens is 1. The number of aliphatic carboxylic acids is 1. The van der Waals surface area contributed by atoms with Crippen molar-refractivity contribution in [1.82, 2.24) is 10.3 Å². The zero-order valence-corrected chi connectivity index (χ0v) is 10.3. The van der Waals surface area contributed by atoms with E-state index in [1.165, 1.54) is 0 Å². The Morgan fingerprint density at radius 3 is 2.59 bits per heavy atom. The van der Waals surface area contributed by atoms with E-state index in [9.17, 15) is 9.59 Å². The van der Waals surface area contributed by atoms with Crippen LogP contribution in [0, 0.1) is 5.92 Å². The third-order valence-corrected chi connectivity index (χ3v) is 3.03. The molecule has 0 radical (unpaired) electrons. The molecule has 0 fully saturated rings. The number of hydrogen-bond acceptors (Lipinski definition) is 2. The Morgan fingerprint density at radius 1 is 1.53 bits per heavy atom. The van der Waals surface area contributed by atoms with Gasteiger partial charge in [-0.1, -0.05) is 13.8 Å². The van der Waals surface area contributed by atoms with Crippen LogP contribution in [0.3, 0.4) is 0 Å². The van der Waals surface area contributed by atoms with E-state index in [1.54, 1.807) is 25.3 Å². The molecule has 1 unspecified atom stereocenters. The minimum Gasteiger partial charge on any atom is -0.481 e. The van der Waals surface area contributed by atoms with Crippen molar-refractivity contribution in [1.29, 1.82) is 0 Å². The second kappa shape index (κ2) is 5.03. The minimum atomic E-state index is -0.923. The first-order valence-electron chi connectivity index (χ1n) is 5.53. The third-order valence-electron chi connectivity index (χ3n) is 3.03. The summed E-state index contributed by atoms with van der Waals surface area (Å²) in [5.41, 5.74) is -0.323. The largest absolute Gasteiger partial charge is 0.481 e. The van der Waals surface area contributed by atoms with Crippen LogP contribution < -0.4 is 5.32 Å². The topological polar surface area (TPSA) is 82.2 Å². The molecule has 0 aliphatic carbocycles. The maximum absolute atomic E-state index is 11.9. The number of nitrogens with one attached hydrogen (secondary N) is 2. The van der Waals surface area contributed by atoms with Gasteiger partial charge in [-0.25, -0.2) is 0 Å². The first-order chi connectivity index (χ1) is 7.85. The lowest BCUT2D eigenvalue weighted by molar-refractivity contribution is -0.138. The van der Waals surface area contributed by atoms with Gasteiger partial charge in [0, 0.05) is 6.20 Å². The van der Waals surface area contributed by atoms with Crippen LogP contribution in [0.1, 0.15) is 37.7 Å². The highest BCUT2D eigenvalue weighted by Crippen LogP contribution is 2.21. The second-order valence-electron chi connectivity index (χ2n) is 4.68. The zero-order valence-electron chi connectivity index (χ0n) is 10.3. The predicted molar refractivity (Wildman–Crippen MR) is 63.8 cm³/mol. The van der Waals surface area contributed by atoms with E-state index in [1.807, 2.05) is 13.8 Å². The summed E-state index contributed by atoms with van der Waals surface area (Å²) >= 11 is 0. The lowest BCUT2D eigenvalue weighted by atomic mass is 9.85. The predicted octanol–water partition coefficient (Wildman–Crippen LogP) is 1.63. The molecule has 0 aromatic carbocycles. The van der Waals surface area contributed by atoms with Crippen LogP contribution >= 0.6 is 0 Å². The molecule has 0 aliphatic heterocycles. The van der Waals surface area contributed by atoms with Crippen LogP contribution in [0.5, 0.6) is 0 Å². The van der Waals surface area contributed by atoms with Gasteiger partial charge in [0.25, 0.3) is 5.91 Å². The van der Waals surface area contributed by atoms with Gasteiger partial charge >= 0.3 is 5.97 Å². The van der Waals surface area contributed by atoms with Gasteiger partial charge < -0.3 is 15.4 Å². The van der Waals surface area contributed by atoms with E-state index in [2.05, 4.69) is 10.3 Å². The monoisotopic (exact) mass is 238 g/mol. The van der Waals surface area contributed by atoms with Crippen molar-refractivity contribution in [2.45, 2.75) is 32.7 Å². The summed E-state index contributed by atoms with van der Waals surface area (Å²) in [6, 6.07) is 3.37. The molecule has 0 spiro atoms. The normalized spacial score (nSPS) is 14.4. The molecule has 1 aromatic heterocycles. The molecule has 94 valence electrons. The molecule has 5 nitrogen and oxygen atoms in total. The molecule has 1 aromatic rings. The number of aromatic amines is 1. The van der Waals surface area contributed by atoms with E-state index >= 15 is 0 Å². The van der Waals surface area contributed by atoms with Crippen molar-refractivity contribution in [3.63, 3.8) is 0 Å². The highest BCUT2D eigenvalue weighted by molar-refractivity contribution is 5.93. The van der Waals surface area contributed by atoms with Crippen LogP contribution in [-0.4, -0.2) is 27.5 Å². The molecule has 0 aliphatic rings. The molecule has 1 heterocycles. The summed E-state index contributed by atoms with van der Waals surface area (Å²) in [4.78, 5) is 25.5. The zero-order chi connectivity index (χ0) is 13.1. The standard InChI is InChI=1S/C12H18N2O3/c1-8(2)12(3,7-10(15)16)14-11(17)9-5-4-6-13-9/h4-6,8,13H,7H2,1-3H3,(H,14,17)(H,15,16). The molecule has 1 amide bonds. The maximum atomic E-state index is 11.9. The Kier molecular flexibility index (Phi) is 3.93. The van der Waals surface area contributed by atoms with E-state index in [0.717, 1.165) is 0 Å². The van der Waals surface area contributed by atoms with Crippen LogP contribution in [0.15, 0.2) is 18.3 Å². The summed E-state index contributed by atoms with van der Waals surface area (Å²) < 4.78 is 0. The molecular formula is C12H18N2O3. The van der Waals surface area contributed by atoms with Crippen molar-refractivity contribution in [3.05, 3.63) is 24.0 Å². The van der Waals surface area contributed by atoms with Crippen molar-refractivity contribution >= 4 is 11.9 Å². The fourth-order valence-electron chi connectivity index (χ4n) is 1.51. The highest BCUT2D eigenvalue weighted by atomic mass is 16.4. The number of carbonyl (C=O) groups excluding carboxylic acids is 1. The lowest BCUT2D eigenvalue weighted by Gasteiger charge is -2.33. The van der Waals surface area contributed by atoms with Crippen molar-refractivity contribution in [2.75, 3.05) is 0 Å². The van der Waals surface area contributed by atoms with Crippen molar-refractivity contribution in [2.24, 2.45) is 5.92 Å². The molecule has 0 saturated heterocycles. The quantitative estimate of drug-likeness (QED) is 0.729. The maximum Gasteiger partial charge on any atom is 0.305 e.